The Morgan fingerprint density at radius 2 is 2.27 bits per heavy atom. The molecule has 0 saturated heterocycles. The van der Waals surface area contributed by atoms with E-state index in [0.29, 0.717) is 5.38 Å². The van der Waals surface area contributed by atoms with Crippen LogP contribution in [-0.2, 0) is 0 Å². The van der Waals surface area contributed by atoms with Gasteiger partial charge in [-0.2, -0.15) is 0 Å². The summed E-state index contributed by atoms with van der Waals surface area (Å²) in [5.74, 6) is 0.802. The van der Waals surface area contributed by atoms with Crippen LogP contribution < -0.4 is 0 Å². The van der Waals surface area contributed by atoms with Crippen molar-refractivity contribution in [3.8, 4) is 0 Å². The van der Waals surface area contributed by atoms with Gasteiger partial charge < -0.3 is 0 Å². The summed E-state index contributed by atoms with van der Waals surface area (Å²) in [5.41, 5.74) is 0. The van der Waals surface area contributed by atoms with Gasteiger partial charge in [0.2, 0.25) is 0 Å². The summed E-state index contributed by atoms with van der Waals surface area (Å²) in [6, 6.07) is 0. The second-order valence-corrected chi connectivity index (χ2v) is 3.99. The maximum Gasteiger partial charge on any atom is 0.0364 e. The molecule has 0 aromatic heterocycles. The standard InChI is InChI=1S/C10H17Cl/c1-2-3-4-6-9-7-5-8-10(9)11/h2,9-10H,1,3-8H2. The highest BCUT2D eigenvalue weighted by molar-refractivity contribution is 6.20. The van der Waals surface area contributed by atoms with Crippen LogP contribution in [0.2, 0.25) is 0 Å². The minimum absolute atomic E-state index is 0.472. The molecular weight excluding hydrogens is 156 g/mol. The van der Waals surface area contributed by atoms with E-state index in [9.17, 15) is 0 Å². The lowest BCUT2D eigenvalue weighted by molar-refractivity contribution is 0.491. The first-order chi connectivity index (χ1) is 5.34. The minimum atomic E-state index is 0.472. The molecule has 2 unspecified atom stereocenters. The quantitative estimate of drug-likeness (QED) is 0.344. The molecule has 0 aliphatic heterocycles. The number of alkyl halides is 1. The van der Waals surface area contributed by atoms with Crippen LogP contribution in [0.4, 0.5) is 0 Å². The Kier molecular flexibility index (Phi) is 3.99. The Balaban J connectivity index is 2.10. The minimum Gasteiger partial charge on any atom is -0.123 e. The normalized spacial score (nSPS) is 30.6. The lowest BCUT2D eigenvalue weighted by Crippen LogP contribution is -2.06. The molecule has 1 aliphatic rings. The fraction of sp³-hybridized carbons (Fsp3) is 0.800. The molecule has 1 saturated carbocycles. The third-order valence-electron chi connectivity index (χ3n) is 2.55. The molecule has 11 heavy (non-hydrogen) atoms. The van der Waals surface area contributed by atoms with Crippen LogP contribution in [0, 0.1) is 5.92 Å². The van der Waals surface area contributed by atoms with E-state index in [1.54, 1.807) is 0 Å². The van der Waals surface area contributed by atoms with Crippen molar-refractivity contribution in [1.29, 1.82) is 0 Å². The molecule has 1 aliphatic carbocycles. The summed E-state index contributed by atoms with van der Waals surface area (Å²) >= 11 is 6.13. The predicted octanol–water partition coefficient (Wildman–Crippen LogP) is 3.75. The predicted molar refractivity (Wildman–Crippen MR) is 51.0 cm³/mol. The zero-order chi connectivity index (χ0) is 8.10. The van der Waals surface area contributed by atoms with Crippen molar-refractivity contribution in [2.45, 2.75) is 43.9 Å². The number of hydrogen-bond donors (Lipinski definition) is 0. The summed E-state index contributed by atoms with van der Waals surface area (Å²) in [6.45, 7) is 3.71. The van der Waals surface area contributed by atoms with Gasteiger partial charge in [0.1, 0.15) is 0 Å². The Hall–Kier alpha value is 0.0300. The summed E-state index contributed by atoms with van der Waals surface area (Å²) in [7, 11) is 0. The number of allylic oxidation sites excluding steroid dienone is 1. The average Bonchev–Trinajstić information content (AvgIpc) is 2.37. The fourth-order valence-corrected chi connectivity index (χ4v) is 2.25. The van der Waals surface area contributed by atoms with Gasteiger partial charge in [0.15, 0.2) is 0 Å². The molecule has 0 radical (unpaired) electrons. The molecule has 64 valence electrons. The molecule has 1 heteroatoms. The Labute approximate surface area is 74.6 Å². The lowest BCUT2D eigenvalue weighted by Gasteiger charge is -2.11. The van der Waals surface area contributed by atoms with Gasteiger partial charge in [-0.15, -0.1) is 18.2 Å². The number of rotatable bonds is 4. The first-order valence-corrected chi connectivity index (χ1v) is 5.03. The highest BCUT2D eigenvalue weighted by Crippen LogP contribution is 2.33. The molecule has 1 rings (SSSR count). The average molecular weight is 173 g/mol. The van der Waals surface area contributed by atoms with Crippen LogP contribution in [0.1, 0.15) is 38.5 Å². The zero-order valence-corrected chi connectivity index (χ0v) is 7.82. The summed E-state index contributed by atoms with van der Waals surface area (Å²) in [4.78, 5) is 0. The Morgan fingerprint density at radius 3 is 2.82 bits per heavy atom. The fourth-order valence-electron chi connectivity index (χ4n) is 1.84. The molecule has 0 amide bonds. The van der Waals surface area contributed by atoms with Crippen LogP contribution in [0.3, 0.4) is 0 Å². The van der Waals surface area contributed by atoms with Crippen LogP contribution in [0.15, 0.2) is 12.7 Å². The third-order valence-corrected chi connectivity index (χ3v) is 3.12. The van der Waals surface area contributed by atoms with Gasteiger partial charge in [-0.25, -0.2) is 0 Å². The highest BCUT2D eigenvalue weighted by atomic mass is 35.5. The van der Waals surface area contributed by atoms with Gasteiger partial charge >= 0.3 is 0 Å². The molecule has 0 aromatic carbocycles. The van der Waals surface area contributed by atoms with Crippen LogP contribution in [0.5, 0.6) is 0 Å². The largest absolute Gasteiger partial charge is 0.123 e. The third kappa shape index (κ3) is 2.86. The SMILES string of the molecule is C=CCCCC1CCCC1Cl. The summed E-state index contributed by atoms with van der Waals surface area (Å²) in [5, 5.41) is 0.472. The molecule has 0 bridgehead atoms. The molecule has 2 atom stereocenters. The van der Waals surface area contributed by atoms with Crippen molar-refractivity contribution in [2.24, 2.45) is 5.92 Å². The molecule has 0 nitrogen and oxygen atoms in total. The van der Waals surface area contributed by atoms with Gasteiger partial charge in [0.05, 0.1) is 0 Å². The maximum absolute atomic E-state index is 6.13. The number of unbranched alkanes of at least 4 members (excludes halogenated alkanes) is 1. The van der Waals surface area contributed by atoms with Gasteiger partial charge in [-0.1, -0.05) is 12.5 Å². The highest BCUT2D eigenvalue weighted by Gasteiger charge is 2.23. The van der Waals surface area contributed by atoms with Crippen molar-refractivity contribution in [1.82, 2.24) is 0 Å². The first-order valence-electron chi connectivity index (χ1n) is 4.59. The number of hydrogen-bond acceptors (Lipinski definition) is 0. The van der Waals surface area contributed by atoms with Gasteiger partial charge in [-0.05, 0) is 38.0 Å². The summed E-state index contributed by atoms with van der Waals surface area (Å²) < 4.78 is 0. The van der Waals surface area contributed by atoms with E-state index in [1.165, 1.54) is 32.1 Å². The second-order valence-electron chi connectivity index (χ2n) is 3.43. The number of halogens is 1. The van der Waals surface area contributed by atoms with E-state index in [4.69, 9.17) is 11.6 Å². The van der Waals surface area contributed by atoms with E-state index in [2.05, 4.69) is 6.58 Å². The van der Waals surface area contributed by atoms with Crippen molar-refractivity contribution in [3.63, 3.8) is 0 Å². The molecule has 0 spiro atoms. The lowest BCUT2D eigenvalue weighted by atomic mass is 10.0. The van der Waals surface area contributed by atoms with Crippen molar-refractivity contribution in [2.75, 3.05) is 0 Å². The maximum atomic E-state index is 6.13. The van der Waals surface area contributed by atoms with Crippen LogP contribution in [0.25, 0.3) is 0 Å². The molecule has 0 aromatic rings. The zero-order valence-electron chi connectivity index (χ0n) is 7.06. The van der Waals surface area contributed by atoms with E-state index in [0.717, 1.165) is 12.3 Å². The van der Waals surface area contributed by atoms with Gasteiger partial charge in [-0.3, -0.25) is 0 Å². The summed E-state index contributed by atoms with van der Waals surface area (Å²) in [6.07, 6.45) is 9.66. The molecule has 0 N–H and O–H groups in total. The second kappa shape index (κ2) is 4.82. The van der Waals surface area contributed by atoms with Crippen molar-refractivity contribution in [3.05, 3.63) is 12.7 Å². The van der Waals surface area contributed by atoms with Crippen molar-refractivity contribution < 1.29 is 0 Å². The van der Waals surface area contributed by atoms with Gasteiger partial charge in [0.25, 0.3) is 0 Å². The Bertz CT molecular complexity index is 120. The Morgan fingerprint density at radius 1 is 1.45 bits per heavy atom. The van der Waals surface area contributed by atoms with E-state index in [1.807, 2.05) is 6.08 Å². The van der Waals surface area contributed by atoms with E-state index >= 15 is 0 Å². The van der Waals surface area contributed by atoms with E-state index in [-0.39, 0.29) is 0 Å². The van der Waals surface area contributed by atoms with Crippen LogP contribution in [-0.4, -0.2) is 5.38 Å². The van der Waals surface area contributed by atoms with Crippen molar-refractivity contribution >= 4 is 11.6 Å². The molecule has 0 heterocycles. The molecule has 1 fully saturated rings. The van der Waals surface area contributed by atoms with Crippen LogP contribution >= 0.6 is 11.6 Å². The first kappa shape index (κ1) is 9.12. The molecular formula is C10H17Cl. The smallest absolute Gasteiger partial charge is 0.0364 e. The topological polar surface area (TPSA) is 0 Å². The van der Waals surface area contributed by atoms with Gasteiger partial charge in [0, 0.05) is 5.38 Å². The van der Waals surface area contributed by atoms with E-state index < -0.39 is 0 Å². The monoisotopic (exact) mass is 172 g/mol.